The largest absolute Gasteiger partial charge is 0.494 e. The van der Waals surface area contributed by atoms with Gasteiger partial charge in [-0.25, -0.2) is 0 Å². The van der Waals surface area contributed by atoms with E-state index in [2.05, 4.69) is 0 Å². The van der Waals surface area contributed by atoms with Crippen molar-refractivity contribution in [3.63, 3.8) is 0 Å². The number of ketones is 1. The van der Waals surface area contributed by atoms with Gasteiger partial charge in [0.1, 0.15) is 5.75 Å². The lowest BCUT2D eigenvalue weighted by molar-refractivity contribution is -0.385. The number of benzene rings is 1. The Morgan fingerprint density at radius 1 is 1.47 bits per heavy atom. The number of carbonyl (C=O) groups excluding carboxylic acids is 1. The van der Waals surface area contributed by atoms with Crippen molar-refractivity contribution in [3.8, 4) is 5.75 Å². The molecule has 0 spiro atoms. The maximum atomic E-state index is 11.2. The molecule has 0 atom stereocenters. The molecule has 0 aromatic heterocycles. The molecule has 0 aliphatic heterocycles. The Labute approximate surface area is 103 Å². The standard InChI is InChI=1S/C11H12ClNO4/c1-2-17-11-5-8(4-10(14)7-12)3-9(6-11)13(15)16/h3,5-6H,2,4,7H2,1H3. The molecular formula is C11H12ClNO4. The Hall–Kier alpha value is -1.62. The topological polar surface area (TPSA) is 69.4 Å². The smallest absolute Gasteiger partial charge is 0.273 e. The van der Waals surface area contributed by atoms with Crippen LogP contribution in [0.3, 0.4) is 0 Å². The van der Waals surface area contributed by atoms with E-state index in [1.165, 1.54) is 12.1 Å². The third-order valence-electron chi connectivity index (χ3n) is 2.02. The maximum Gasteiger partial charge on any atom is 0.273 e. The van der Waals surface area contributed by atoms with E-state index in [1.54, 1.807) is 13.0 Å². The van der Waals surface area contributed by atoms with Crippen LogP contribution in [0.4, 0.5) is 5.69 Å². The number of alkyl halides is 1. The van der Waals surface area contributed by atoms with Crippen molar-refractivity contribution in [1.82, 2.24) is 0 Å². The van der Waals surface area contributed by atoms with Gasteiger partial charge < -0.3 is 4.74 Å². The van der Waals surface area contributed by atoms with Gasteiger partial charge in [-0.15, -0.1) is 11.6 Å². The Morgan fingerprint density at radius 2 is 2.18 bits per heavy atom. The van der Waals surface area contributed by atoms with Crippen LogP contribution >= 0.6 is 11.6 Å². The Bertz CT molecular complexity index is 433. The number of Topliss-reactive ketones (excluding diaryl/α,β-unsaturated/α-hetero) is 1. The fraction of sp³-hybridized carbons (Fsp3) is 0.364. The number of nitro groups is 1. The highest BCUT2D eigenvalue weighted by molar-refractivity contribution is 6.27. The Kier molecular flexibility index (Phi) is 4.90. The molecule has 17 heavy (non-hydrogen) atoms. The van der Waals surface area contributed by atoms with Gasteiger partial charge in [0, 0.05) is 12.5 Å². The number of nitrogens with zero attached hydrogens (tertiary/aromatic N) is 1. The number of ether oxygens (including phenoxy) is 1. The van der Waals surface area contributed by atoms with Crippen LogP contribution in [0, 0.1) is 10.1 Å². The molecule has 0 N–H and O–H groups in total. The number of hydrogen-bond donors (Lipinski definition) is 0. The second kappa shape index (κ2) is 6.20. The Balaban J connectivity index is 3.03. The third kappa shape index (κ3) is 4.03. The van der Waals surface area contributed by atoms with Gasteiger partial charge in [-0.1, -0.05) is 0 Å². The highest BCUT2D eigenvalue weighted by Gasteiger charge is 2.12. The maximum absolute atomic E-state index is 11.2. The van der Waals surface area contributed by atoms with Crippen molar-refractivity contribution in [2.45, 2.75) is 13.3 Å². The number of non-ortho nitro benzene ring substituents is 1. The van der Waals surface area contributed by atoms with Crippen LogP contribution < -0.4 is 4.74 Å². The average molecular weight is 258 g/mol. The molecule has 0 aliphatic carbocycles. The summed E-state index contributed by atoms with van der Waals surface area (Å²) in [5, 5.41) is 10.7. The van der Waals surface area contributed by atoms with Crippen LogP contribution in [0.5, 0.6) is 5.75 Å². The first kappa shape index (κ1) is 13.4. The van der Waals surface area contributed by atoms with Crippen molar-refractivity contribution in [2.75, 3.05) is 12.5 Å². The van der Waals surface area contributed by atoms with Crippen molar-refractivity contribution in [3.05, 3.63) is 33.9 Å². The molecule has 6 heteroatoms. The van der Waals surface area contributed by atoms with E-state index in [9.17, 15) is 14.9 Å². The van der Waals surface area contributed by atoms with E-state index < -0.39 is 4.92 Å². The molecule has 0 saturated carbocycles. The van der Waals surface area contributed by atoms with Crippen molar-refractivity contribution >= 4 is 23.1 Å². The lowest BCUT2D eigenvalue weighted by Gasteiger charge is -2.05. The quantitative estimate of drug-likeness (QED) is 0.446. The Morgan fingerprint density at radius 3 is 2.71 bits per heavy atom. The number of nitro benzene ring substituents is 1. The summed E-state index contributed by atoms with van der Waals surface area (Å²) >= 11 is 5.39. The summed E-state index contributed by atoms with van der Waals surface area (Å²) in [5.74, 6) is 0.0980. The van der Waals surface area contributed by atoms with E-state index >= 15 is 0 Å². The molecular weight excluding hydrogens is 246 g/mol. The molecule has 0 fully saturated rings. The zero-order valence-electron chi connectivity index (χ0n) is 9.31. The fourth-order valence-electron chi connectivity index (χ4n) is 1.38. The van der Waals surface area contributed by atoms with E-state index in [1.807, 2.05) is 0 Å². The summed E-state index contributed by atoms with van der Waals surface area (Å²) in [7, 11) is 0. The molecule has 0 aliphatic rings. The number of halogens is 1. The summed E-state index contributed by atoms with van der Waals surface area (Å²) in [6, 6.07) is 4.30. The molecule has 0 amide bonds. The van der Waals surface area contributed by atoms with Crippen LogP contribution in [0.2, 0.25) is 0 Å². The third-order valence-corrected chi connectivity index (χ3v) is 2.32. The van der Waals surface area contributed by atoms with Crippen LogP contribution in [-0.4, -0.2) is 23.2 Å². The molecule has 1 rings (SSSR count). The normalized spacial score (nSPS) is 10.0. The highest BCUT2D eigenvalue weighted by Crippen LogP contribution is 2.23. The van der Waals surface area contributed by atoms with Crippen molar-refractivity contribution < 1.29 is 14.5 Å². The lowest BCUT2D eigenvalue weighted by atomic mass is 10.1. The van der Waals surface area contributed by atoms with Crippen LogP contribution in [-0.2, 0) is 11.2 Å². The second-order valence-corrected chi connectivity index (χ2v) is 3.64. The number of carbonyl (C=O) groups is 1. The molecule has 5 nitrogen and oxygen atoms in total. The van der Waals surface area contributed by atoms with E-state index in [0.717, 1.165) is 0 Å². The van der Waals surface area contributed by atoms with Gasteiger partial charge in [0.2, 0.25) is 0 Å². The molecule has 0 radical (unpaired) electrons. The van der Waals surface area contributed by atoms with E-state index in [4.69, 9.17) is 16.3 Å². The van der Waals surface area contributed by atoms with Gasteiger partial charge in [0.25, 0.3) is 5.69 Å². The van der Waals surface area contributed by atoms with Gasteiger partial charge in [-0.05, 0) is 18.6 Å². The van der Waals surface area contributed by atoms with E-state index in [0.29, 0.717) is 17.9 Å². The highest BCUT2D eigenvalue weighted by atomic mass is 35.5. The van der Waals surface area contributed by atoms with Crippen molar-refractivity contribution in [1.29, 1.82) is 0 Å². The zero-order valence-corrected chi connectivity index (χ0v) is 10.1. The molecule has 1 aromatic rings. The molecule has 0 bridgehead atoms. The minimum atomic E-state index is -0.517. The summed E-state index contributed by atoms with van der Waals surface area (Å²) in [5.41, 5.74) is 0.446. The minimum absolute atomic E-state index is 0.0747. The predicted octanol–water partition coefficient (Wildman–Crippen LogP) is 2.34. The molecule has 0 saturated heterocycles. The SMILES string of the molecule is CCOc1cc(CC(=O)CCl)cc([N+](=O)[O-])c1. The fourth-order valence-corrected chi connectivity index (χ4v) is 1.47. The van der Waals surface area contributed by atoms with E-state index in [-0.39, 0.29) is 23.8 Å². The number of rotatable bonds is 6. The van der Waals surface area contributed by atoms with Gasteiger partial charge in [-0.3, -0.25) is 14.9 Å². The van der Waals surface area contributed by atoms with Crippen LogP contribution in [0.15, 0.2) is 18.2 Å². The van der Waals surface area contributed by atoms with Crippen molar-refractivity contribution in [2.24, 2.45) is 0 Å². The molecule has 0 unspecified atom stereocenters. The van der Waals surface area contributed by atoms with Crippen LogP contribution in [0.25, 0.3) is 0 Å². The zero-order chi connectivity index (χ0) is 12.8. The first-order chi connectivity index (χ1) is 8.06. The summed E-state index contributed by atoms with van der Waals surface area (Å²) < 4.78 is 5.20. The summed E-state index contributed by atoms with van der Waals surface area (Å²) in [6.45, 7) is 2.19. The van der Waals surface area contributed by atoms with Gasteiger partial charge >= 0.3 is 0 Å². The monoisotopic (exact) mass is 257 g/mol. The first-order valence-electron chi connectivity index (χ1n) is 5.05. The predicted molar refractivity (Wildman–Crippen MR) is 63.7 cm³/mol. The van der Waals surface area contributed by atoms with Crippen LogP contribution in [0.1, 0.15) is 12.5 Å². The molecule has 92 valence electrons. The summed E-state index contributed by atoms with van der Waals surface area (Å²) in [6.07, 6.45) is 0.0747. The average Bonchev–Trinajstić information content (AvgIpc) is 2.29. The lowest BCUT2D eigenvalue weighted by Crippen LogP contribution is -2.05. The first-order valence-corrected chi connectivity index (χ1v) is 5.59. The van der Waals surface area contributed by atoms with Gasteiger partial charge in [-0.2, -0.15) is 0 Å². The van der Waals surface area contributed by atoms with Gasteiger partial charge in [0.05, 0.1) is 23.5 Å². The number of hydrogen-bond acceptors (Lipinski definition) is 4. The summed E-state index contributed by atoms with van der Waals surface area (Å²) in [4.78, 5) is 21.4. The molecule has 1 aromatic carbocycles. The van der Waals surface area contributed by atoms with Gasteiger partial charge in [0.15, 0.2) is 5.78 Å². The second-order valence-electron chi connectivity index (χ2n) is 3.37. The molecule has 0 heterocycles. The minimum Gasteiger partial charge on any atom is -0.494 e.